The van der Waals surface area contributed by atoms with E-state index in [2.05, 4.69) is 11.1 Å². The highest BCUT2D eigenvalue weighted by Crippen LogP contribution is 2.39. The van der Waals surface area contributed by atoms with Gasteiger partial charge in [0.2, 0.25) is 0 Å². The molecular weight excluding hydrogens is 352 g/mol. The minimum absolute atomic E-state index is 0.0483. The second-order valence-electron chi connectivity index (χ2n) is 6.74. The van der Waals surface area contributed by atoms with Crippen molar-refractivity contribution in [3.63, 3.8) is 0 Å². The molecule has 0 spiro atoms. The lowest BCUT2D eigenvalue weighted by Crippen LogP contribution is -2.24. The van der Waals surface area contributed by atoms with Gasteiger partial charge in [-0.2, -0.15) is 5.26 Å². The van der Waals surface area contributed by atoms with Gasteiger partial charge in [0.15, 0.2) is 5.78 Å². The first kappa shape index (κ1) is 17.7. The van der Waals surface area contributed by atoms with Gasteiger partial charge in [-0.25, -0.2) is 0 Å². The zero-order valence-corrected chi connectivity index (χ0v) is 15.4. The fraction of sp³-hybridized carbons (Fsp3) is 0.174. The van der Waals surface area contributed by atoms with E-state index in [4.69, 9.17) is 9.47 Å². The quantitative estimate of drug-likeness (QED) is 0.673. The molecule has 0 radical (unpaired) electrons. The fourth-order valence-electron chi connectivity index (χ4n) is 3.25. The number of nitrogens with zero attached hydrogens (tertiary/aromatic N) is 2. The van der Waals surface area contributed by atoms with Crippen LogP contribution in [-0.2, 0) is 6.61 Å². The van der Waals surface area contributed by atoms with Gasteiger partial charge in [0, 0.05) is 30.4 Å². The summed E-state index contributed by atoms with van der Waals surface area (Å²) in [6, 6.07) is 16.8. The van der Waals surface area contributed by atoms with Crippen molar-refractivity contribution in [2.45, 2.75) is 26.1 Å². The summed E-state index contributed by atoms with van der Waals surface area (Å²) >= 11 is 0. The zero-order valence-electron chi connectivity index (χ0n) is 15.4. The van der Waals surface area contributed by atoms with Gasteiger partial charge in [-0.1, -0.05) is 12.1 Å². The molecule has 138 valence electrons. The largest absolute Gasteiger partial charge is 0.489 e. The summed E-state index contributed by atoms with van der Waals surface area (Å²) in [4.78, 5) is 16.5. The van der Waals surface area contributed by atoms with E-state index in [-0.39, 0.29) is 11.9 Å². The molecule has 5 heteroatoms. The van der Waals surface area contributed by atoms with E-state index in [1.54, 1.807) is 30.6 Å². The first-order valence-electron chi connectivity index (χ1n) is 9.04. The maximum Gasteiger partial charge on any atom is 0.170 e. The standard InChI is InChI=1S/C23H18N2O3/c1-15-9-21(26)20-11-19(18-4-2-3-17(10-18)13-24)22(12-23(20)28-15)27-14-16-5-7-25-8-6-16/h2-8,10-12,15H,9,14H2,1H3. The number of hydrogen-bond acceptors (Lipinski definition) is 5. The van der Waals surface area contributed by atoms with E-state index in [0.717, 1.165) is 16.7 Å². The minimum atomic E-state index is -0.166. The predicted octanol–water partition coefficient (Wildman–Crippen LogP) is 4.55. The molecule has 3 aromatic rings. The minimum Gasteiger partial charge on any atom is -0.489 e. The number of benzene rings is 2. The zero-order chi connectivity index (χ0) is 19.5. The van der Waals surface area contributed by atoms with Crippen LogP contribution in [-0.4, -0.2) is 16.9 Å². The van der Waals surface area contributed by atoms with E-state index >= 15 is 0 Å². The highest BCUT2D eigenvalue weighted by Gasteiger charge is 2.26. The highest BCUT2D eigenvalue weighted by molar-refractivity contribution is 6.01. The average Bonchev–Trinajstić information content (AvgIpc) is 2.72. The molecule has 0 N–H and O–H groups in total. The molecule has 0 saturated heterocycles. The van der Waals surface area contributed by atoms with Crippen molar-refractivity contribution in [2.24, 2.45) is 0 Å². The molecule has 0 aliphatic carbocycles. The molecule has 0 amide bonds. The van der Waals surface area contributed by atoms with Crippen LogP contribution in [0.4, 0.5) is 0 Å². The molecule has 1 atom stereocenters. The lowest BCUT2D eigenvalue weighted by molar-refractivity contribution is 0.0870. The Bertz CT molecular complexity index is 1070. The molecule has 0 fully saturated rings. The monoisotopic (exact) mass is 370 g/mol. The molecule has 0 bridgehead atoms. The number of Topliss-reactive ketones (excluding diaryl/α,β-unsaturated/α-hetero) is 1. The summed E-state index contributed by atoms with van der Waals surface area (Å²) in [6.07, 6.45) is 3.61. The SMILES string of the molecule is CC1CC(=O)c2cc(-c3cccc(C#N)c3)c(OCc3ccncc3)cc2O1. The molecule has 1 aromatic heterocycles. The topological polar surface area (TPSA) is 72.2 Å². The van der Waals surface area contributed by atoms with Gasteiger partial charge in [0.25, 0.3) is 0 Å². The van der Waals surface area contributed by atoms with Crippen molar-refractivity contribution in [1.29, 1.82) is 5.26 Å². The molecule has 1 aliphatic heterocycles. The Balaban J connectivity index is 1.78. The molecule has 2 aromatic carbocycles. The fourth-order valence-corrected chi connectivity index (χ4v) is 3.25. The van der Waals surface area contributed by atoms with Gasteiger partial charge in [0.1, 0.15) is 24.2 Å². The highest BCUT2D eigenvalue weighted by atomic mass is 16.5. The summed E-state index contributed by atoms with van der Waals surface area (Å²) in [6.45, 7) is 2.23. The molecule has 0 saturated carbocycles. The van der Waals surface area contributed by atoms with Crippen LogP contribution in [0.15, 0.2) is 60.9 Å². The van der Waals surface area contributed by atoms with Crippen molar-refractivity contribution in [3.05, 3.63) is 77.6 Å². The van der Waals surface area contributed by atoms with Crippen molar-refractivity contribution >= 4 is 5.78 Å². The first-order chi connectivity index (χ1) is 13.6. The Hall–Kier alpha value is -3.65. The molecule has 1 aliphatic rings. The van der Waals surface area contributed by atoms with Gasteiger partial charge >= 0.3 is 0 Å². The third kappa shape index (κ3) is 3.58. The van der Waals surface area contributed by atoms with Crippen LogP contribution >= 0.6 is 0 Å². The molecule has 28 heavy (non-hydrogen) atoms. The average molecular weight is 370 g/mol. The van der Waals surface area contributed by atoms with Crippen molar-refractivity contribution in [3.8, 4) is 28.7 Å². The molecule has 1 unspecified atom stereocenters. The summed E-state index contributed by atoms with van der Waals surface area (Å²) in [5.74, 6) is 1.19. The van der Waals surface area contributed by atoms with Crippen LogP contribution in [0, 0.1) is 11.3 Å². The van der Waals surface area contributed by atoms with Crippen LogP contribution in [0.3, 0.4) is 0 Å². The molecular formula is C23H18N2O3. The molecule has 4 rings (SSSR count). The van der Waals surface area contributed by atoms with E-state index in [1.165, 1.54) is 0 Å². The Morgan fingerprint density at radius 2 is 2.00 bits per heavy atom. The van der Waals surface area contributed by atoms with Crippen molar-refractivity contribution < 1.29 is 14.3 Å². The molecule has 2 heterocycles. The van der Waals surface area contributed by atoms with E-state index in [0.29, 0.717) is 35.7 Å². The number of carbonyl (C=O) groups excluding carboxylic acids is 1. The second kappa shape index (κ2) is 7.53. The number of carbonyl (C=O) groups is 1. The van der Waals surface area contributed by atoms with Crippen LogP contribution in [0.1, 0.15) is 34.8 Å². The van der Waals surface area contributed by atoms with Crippen LogP contribution < -0.4 is 9.47 Å². The first-order valence-corrected chi connectivity index (χ1v) is 9.04. The van der Waals surface area contributed by atoms with E-state index in [9.17, 15) is 10.1 Å². The van der Waals surface area contributed by atoms with Crippen molar-refractivity contribution in [2.75, 3.05) is 0 Å². The molecule has 5 nitrogen and oxygen atoms in total. The van der Waals surface area contributed by atoms with Gasteiger partial charge in [-0.3, -0.25) is 9.78 Å². The second-order valence-corrected chi connectivity index (χ2v) is 6.74. The maximum absolute atomic E-state index is 12.5. The lowest BCUT2D eigenvalue weighted by atomic mass is 9.95. The smallest absolute Gasteiger partial charge is 0.170 e. The summed E-state index contributed by atoms with van der Waals surface area (Å²) in [7, 11) is 0. The van der Waals surface area contributed by atoms with Crippen LogP contribution in [0.5, 0.6) is 11.5 Å². The van der Waals surface area contributed by atoms with E-state index < -0.39 is 0 Å². The summed E-state index contributed by atoms with van der Waals surface area (Å²) in [5, 5.41) is 9.23. The Kier molecular flexibility index (Phi) is 4.77. The maximum atomic E-state index is 12.5. The number of pyridine rings is 1. The number of ketones is 1. The Morgan fingerprint density at radius 1 is 1.18 bits per heavy atom. The van der Waals surface area contributed by atoms with Gasteiger partial charge < -0.3 is 9.47 Å². The number of aromatic nitrogens is 1. The van der Waals surface area contributed by atoms with Gasteiger partial charge in [-0.05, 0) is 48.4 Å². The predicted molar refractivity (Wildman–Crippen MR) is 104 cm³/mol. The van der Waals surface area contributed by atoms with Crippen molar-refractivity contribution in [1.82, 2.24) is 4.98 Å². The Morgan fingerprint density at radius 3 is 2.79 bits per heavy atom. The number of nitriles is 1. The van der Waals surface area contributed by atoms with Gasteiger partial charge in [0.05, 0.1) is 17.2 Å². The summed E-state index contributed by atoms with van der Waals surface area (Å²) in [5.41, 5.74) is 3.66. The Labute approximate surface area is 163 Å². The van der Waals surface area contributed by atoms with Gasteiger partial charge in [-0.15, -0.1) is 0 Å². The summed E-state index contributed by atoms with van der Waals surface area (Å²) < 4.78 is 12.0. The normalized spacial score (nSPS) is 15.3. The number of rotatable bonds is 4. The lowest BCUT2D eigenvalue weighted by Gasteiger charge is -2.24. The van der Waals surface area contributed by atoms with Crippen LogP contribution in [0.25, 0.3) is 11.1 Å². The third-order valence-corrected chi connectivity index (χ3v) is 4.63. The van der Waals surface area contributed by atoms with E-state index in [1.807, 2.05) is 37.3 Å². The third-order valence-electron chi connectivity index (χ3n) is 4.63. The number of fused-ring (bicyclic) bond motifs is 1. The van der Waals surface area contributed by atoms with Crippen LogP contribution in [0.2, 0.25) is 0 Å². The number of hydrogen-bond donors (Lipinski definition) is 0. The number of ether oxygens (including phenoxy) is 2.